The number of nitrogens with one attached hydrogen (secondary N) is 2. The maximum atomic E-state index is 12.0. The first-order chi connectivity index (χ1) is 13.7. The molecule has 1 amide bonds. The minimum Gasteiger partial charge on any atom is -0.497 e. The standard InChI is InChI=1S/C23H31N3O2/c1-28-22-7-5-6-19(18-22)12-14-25-23(27)13-15-24-20-8-10-21(11-9-20)26-16-3-2-4-17-26/h5-11,18,24H,2-4,12-17H2,1H3,(H,25,27). The zero-order valence-corrected chi connectivity index (χ0v) is 16.7. The van der Waals surface area contributed by atoms with E-state index in [1.807, 2.05) is 24.3 Å². The highest BCUT2D eigenvalue weighted by Crippen LogP contribution is 2.21. The summed E-state index contributed by atoms with van der Waals surface area (Å²) in [6.07, 6.45) is 5.18. The molecule has 0 atom stereocenters. The number of benzene rings is 2. The monoisotopic (exact) mass is 381 g/mol. The maximum absolute atomic E-state index is 12.0. The van der Waals surface area contributed by atoms with Crippen molar-refractivity contribution in [2.45, 2.75) is 32.1 Å². The van der Waals surface area contributed by atoms with Crippen LogP contribution in [0.2, 0.25) is 0 Å². The molecule has 0 saturated carbocycles. The first-order valence-corrected chi connectivity index (χ1v) is 10.2. The van der Waals surface area contributed by atoms with Gasteiger partial charge in [-0.1, -0.05) is 12.1 Å². The van der Waals surface area contributed by atoms with E-state index in [0.29, 0.717) is 19.5 Å². The molecule has 0 bridgehead atoms. The van der Waals surface area contributed by atoms with E-state index in [2.05, 4.69) is 39.8 Å². The van der Waals surface area contributed by atoms with E-state index in [9.17, 15) is 4.79 Å². The number of anilines is 2. The number of hydrogen-bond acceptors (Lipinski definition) is 4. The van der Waals surface area contributed by atoms with Crippen LogP contribution in [0.3, 0.4) is 0 Å². The summed E-state index contributed by atoms with van der Waals surface area (Å²) in [6.45, 7) is 3.58. The summed E-state index contributed by atoms with van der Waals surface area (Å²) < 4.78 is 5.22. The van der Waals surface area contributed by atoms with Gasteiger partial charge in [0.2, 0.25) is 5.91 Å². The second-order valence-corrected chi connectivity index (χ2v) is 7.22. The molecule has 1 aliphatic heterocycles. The molecule has 0 unspecified atom stereocenters. The van der Waals surface area contributed by atoms with Crippen molar-refractivity contribution in [1.82, 2.24) is 5.32 Å². The van der Waals surface area contributed by atoms with Crippen molar-refractivity contribution in [3.8, 4) is 5.75 Å². The lowest BCUT2D eigenvalue weighted by Gasteiger charge is -2.28. The Bertz CT molecular complexity index is 740. The van der Waals surface area contributed by atoms with Crippen molar-refractivity contribution in [1.29, 1.82) is 0 Å². The Labute approximate surface area is 168 Å². The van der Waals surface area contributed by atoms with Crippen LogP contribution in [0.4, 0.5) is 11.4 Å². The summed E-state index contributed by atoms with van der Waals surface area (Å²) in [7, 11) is 1.66. The molecule has 150 valence electrons. The number of hydrogen-bond donors (Lipinski definition) is 2. The summed E-state index contributed by atoms with van der Waals surface area (Å²) in [6, 6.07) is 16.5. The lowest BCUT2D eigenvalue weighted by Crippen LogP contribution is -2.29. The van der Waals surface area contributed by atoms with Gasteiger partial charge in [0, 0.05) is 44.0 Å². The third-order valence-corrected chi connectivity index (χ3v) is 5.14. The molecule has 0 spiro atoms. The van der Waals surface area contributed by atoms with E-state index in [-0.39, 0.29) is 5.91 Å². The molecule has 2 aromatic carbocycles. The molecule has 2 N–H and O–H groups in total. The molecule has 5 nitrogen and oxygen atoms in total. The molecule has 28 heavy (non-hydrogen) atoms. The van der Waals surface area contributed by atoms with Crippen LogP contribution >= 0.6 is 0 Å². The highest BCUT2D eigenvalue weighted by molar-refractivity contribution is 5.76. The van der Waals surface area contributed by atoms with Crippen molar-refractivity contribution in [3.05, 3.63) is 54.1 Å². The third kappa shape index (κ3) is 6.19. The molecular formula is C23H31N3O2. The highest BCUT2D eigenvalue weighted by Gasteiger charge is 2.10. The number of ether oxygens (including phenoxy) is 1. The first-order valence-electron chi connectivity index (χ1n) is 10.2. The van der Waals surface area contributed by atoms with Crippen LogP contribution in [0.5, 0.6) is 5.75 Å². The van der Waals surface area contributed by atoms with Gasteiger partial charge in [0.05, 0.1) is 7.11 Å². The van der Waals surface area contributed by atoms with E-state index in [1.54, 1.807) is 7.11 Å². The van der Waals surface area contributed by atoms with Crippen molar-refractivity contribution in [3.63, 3.8) is 0 Å². The molecule has 0 radical (unpaired) electrons. The SMILES string of the molecule is COc1cccc(CCNC(=O)CCNc2ccc(N3CCCCC3)cc2)c1. The predicted octanol–water partition coefficient (Wildman–Crippen LogP) is 3.85. The molecule has 2 aromatic rings. The lowest BCUT2D eigenvalue weighted by molar-refractivity contribution is -0.120. The molecule has 3 rings (SSSR count). The van der Waals surface area contributed by atoms with Crippen molar-refractivity contribution in [2.75, 3.05) is 43.5 Å². The Hall–Kier alpha value is -2.69. The largest absolute Gasteiger partial charge is 0.497 e. The molecule has 1 heterocycles. The minimum absolute atomic E-state index is 0.0698. The van der Waals surface area contributed by atoms with Gasteiger partial charge in [-0.25, -0.2) is 0 Å². The Morgan fingerprint density at radius 1 is 1.04 bits per heavy atom. The molecule has 1 fully saturated rings. The first kappa shape index (κ1) is 20.1. The number of amides is 1. The quantitative estimate of drug-likeness (QED) is 0.693. The van der Waals surface area contributed by atoms with Gasteiger partial charge in [-0.3, -0.25) is 4.79 Å². The van der Waals surface area contributed by atoms with E-state index in [1.165, 1.54) is 24.9 Å². The van der Waals surface area contributed by atoms with Crippen LogP contribution in [0.1, 0.15) is 31.2 Å². The van der Waals surface area contributed by atoms with Crippen LogP contribution in [0.15, 0.2) is 48.5 Å². The van der Waals surface area contributed by atoms with Gasteiger partial charge in [-0.2, -0.15) is 0 Å². The number of rotatable bonds is 9. The number of piperidine rings is 1. The van der Waals surface area contributed by atoms with Crippen molar-refractivity contribution in [2.24, 2.45) is 0 Å². The van der Waals surface area contributed by atoms with Crippen LogP contribution in [0.25, 0.3) is 0 Å². The second-order valence-electron chi connectivity index (χ2n) is 7.22. The summed E-state index contributed by atoms with van der Waals surface area (Å²) in [4.78, 5) is 14.5. The molecule has 0 aromatic heterocycles. The third-order valence-electron chi connectivity index (χ3n) is 5.14. The van der Waals surface area contributed by atoms with Gasteiger partial charge in [-0.05, 0) is 67.6 Å². The van der Waals surface area contributed by atoms with E-state index in [0.717, 1.165) is 36.5 Å². The summed E-state index contributed by atoms with van der Waals surface area (Å²) in [5.74, 6) is 0.916. The Kier molecular flexibility index (Phi) is 7.59. The Morgan fingerprint density at radius 3 is 2.57 bits per heavy atom. The molecular weight excluding hydrogens is 350 g/mol. The van der Waals surface area contributed by atoms with Crippen molar-refractivity contribution < 1.29 is 9.53 Å². The van der Waals surface area contributed by atoms with Gasteiger partial charge >= 0.3 is 0 Å². The molecule has 1 saturated heterocycles. The van der Waals surface area contributed by atoms with Gasteiger partial charge in [0.15, 0.2) is 0 Å². The van der Waals surface area contributed by atoms with Crippen molar-refractivity contribution >= 4 is 17.3 Å². The highest BCUT2D eigenvalue weighted by atomic mass is 16.5. The molecule has 5 heteroatoms. The number of nitrogens with zero attached hydrogens (tertiary/aromatic N) is 1. The average molecular weight is 382 g/mol. The Morgan fingerprint density at radius 2 is 1.82 bits per heavy atom. The van der Waals surface area contributed by atoms with Crippen LogP contribution in [-0.4, -0.2) is 39.2 Å². The smallest absolute Gasteiger partial charge is 0.221 e. The van der Waals surface area contributed by atoms with Gasteiger partial charge in [0.25, 0.3) is 0 Å². The molecule has 1 aliphatic rings. The van der Waals surface area contributed by atoms with Crippen LogP contribution < -0.4 is 20.3 Å². The zero-order chi connectivity index (χ0) is 19.6. The minimum atomic E-state index is 0.0698. The van der Waals surface area contributed by atoms with E-state index >= 15 is 0 Å². The number of carbonyl (C=O) groups excluding carboxylic acids is 1. The van der Waals surface area contributed by atoms with Crippen LogP contribution in [-0.2, 0) is 11.2 Å². The molecule has 0 aliphatic carbocycles. The zero-order valence-electron chi connectivity index (χ0n) is 16.7. The van der Waals surface area contributed by atoms with E-state index in [4.69, 9.17) is 4.74 Å². The van der Waals surface area contributed by atoms with Crippen LogP contribution in [0, 0.1) is 0 Å². The lowest BCUT2D eigenvalue weighted by atomic mass is 10.1. The van der Waals surface area contributed by atoms with E-state index < -0.39 is 0 Å². The second kappa shape index (κ2) is 10.6. The summed E-state index contributed by atoms with van der Waals surface area (Å²) in [5, 5.41) is 6.31. The topological polar surface area (TPSA) is 53.6 Å². The number of carbonyl (C=O) groups is 1. The number of methoxy groups -OCH3 is 1. The Balaban J connectivity index is 1.33. The van der Waals surface area contributed by atoms with Gasteiger partial charge in [0.1, 0.15) is 5.75 Å². The fraction of sp³-hybridized carbons (Fsp3) is 0.435. The normalized spacial score (nSPS) is 13.8. The summed E-state index contributed by atoms with van der Waals surface area (Å²) in [5.41, 5.74) is 3.51. The fourth-order valence-corrected chi connectivity index (χ4v) is 3.53. The fourth-order valence-electron chi connectivity index (χ4n) is 3.53. The predicted molar refractivity (Wildman–Crippen MR) is 115 cm³/mol. The van der Waals surface area contributed by atoms with Gasteiger partial charge < -0.3 is 20.3 Å². The summed E-state index contributed by atoms with van der Waals surface area (Å²) >= 11 is 0. The maximum Gasteiger partial charge on any atom is 0.221 e. The van der Waals surface area contributed by atoms with Gasteiger partial charge in [-0.15, -0.1) is 0 Å². The average Bonchev–Trinajstić information content (AvgIpc) is 2.75.